The van der Waals surface area contributed by atoms with Gasteiger partial charge in [0.2, 0.25) is 0 Å². The third-order valence-corrected chi connectivity index (χ3v) is 3.44. The molecule has 1 unspecified atom stereocenters. The minimum Gasteiger partial charge on any atom is -0.464 e. The molecule has 0 spiro atoms. The molecule has 0 aliphatic carbocycles. The van der Waals surface area contributed by atoms with E-state index in [0.29, 0.717) is 30.8 Å². The monoisotopic (exact) mass is 296 g/mol. The van der Waals surface area contributed by atoms with Crippen molar-refractivity contribution in [1.29, 1.82) is 0 Å². The molecule has 2 rings (SSSR count). The van der Waals surface area contributed by atoms with Gasteiger partial charge in [-0.15, -0.1) is 0 Å². The maximum Gasteiger partial charge on any atom is 0.328 e. The molecule has 2 heterocycles. The molecule has 1 saturated heterocycles. The number of esters is 1. The van der Waals surface area contributed by atoms with E-state index in [2.05, 4.69) is 4.98 Å². The summed E-state index contributed by atoms with van der Waals surface area (Å²) in [4.78, 5) is 30.0. The normalized spacial score (nSPS) is 18.1. The van der Waals surface area contributed by atoms with Crippen LogP contribution in [0.4, 0.5) is 0 Å². The number of nitrogens with zero attached hydrogens (tertiary/aromatic N) is 2. The SMILES string of the molecule is CCOC(=O)C1CCCN1C(=O)c1cc(C)nc(Cl)c1. The molecule has 108 valence electrons. The van der Waals surface area contributed by atoms with Crippen molar-refractivity contribution in [3.63, 3.8) is 0 Å². The molecule has 1 amide bonds. The first-order valence-electron chi connectivity index (χ1n) is 6.64. The van der Waals surface area contributed by atoms with Crippen molar-refractivity contribution in [2.24, 2.45) is 0 Å². The molecule has 6 heteroatoms. The van der Waals surface area contributed by atoms with Gasteiger partial charge in [-0.3, -0.25) is 4.79 Å². The summed E-state index contributed by atoms with van der Waals surface area (Å²) < 4.78 is 5.02. The average molecular weight is 297 g/mol. The molecule has 1 aromatic rings. The summed E-state index contributed by atoms with van der Waals surface area (Å²) >= 11 is 5.88. The van der Waals surface area contributed by atoms with E-state index in [-0.39, 0.29) is 17.0 Å². The zero-order valence-electron chi connectivity index (χ0n) is 11.6. The zero-order chi connectivity index (χ0) is 14.7. The molecule has 1 atom stereocenters. The Morgan fingerprint density at radius 2 is 2.25 bits per heavy atom. The largest absolute Gasteiger partial charge is 0.464 e. The lowest BCUT2D eigenvalue weighted by Gasteiger charge is -2.23. The van der Waals surface area contributed by atoms with Crippen molar-refractivity contribution < 1.29 is 14.3 Å². The Hall–Kier alpha value is -1.62. The van der Waals surface area contributed by atoms with Crippen molar-refractivity contribution in [2.45, 2.75) is 32.7 Å². The quantitative estimate of drug-likeness (QED) is 0.634. The van der Waals surface area contributed by atoms with Crippen molar-refractivity contribution in [2.75, 3.05) is 13.2 Å². The molecule has 0 aromatic carbocycles. The molecule has 0 saturated carbocycles. The number of likely N-dealkylation sites (tertiary alicyclic amines) is 1. The minimum atomic E-state index is -0.491. The Balaban J connectivity index is 2.21. The maximum atomic E-state index is 12.5. The van der Waals surface area contributed by atoms with E-state index >= 15 is 0 Å². The Kier molecular flexibility index (Phi) is 4.60. The summed E-state index contributed by atoms with van der Waals surface area (Å²) in [7, 11) is 0. The van der Waals surface area contributed by atoms with Crippen LogP contribution in [0, 0.1) is 6.92 Å². The number of rotatable bonds is 3. The summed E-state index contributed by atoms with van der Waals surface area (Å²) in [5.74, 6) is -0.539. The molecule has 1 aliphatic heterocycles. The molecule has 0 bridgehead atoms. The molecule has 0 radical (unpaired) electrons. The van der Waals surface area contributed by atoms with Crippen LogP contribution < -0.4 is 0 Å². The molecule has 1 aliphatic rings. The van der Waals surface area contributed by atoms with Crippen molar-refractivity contribution >= 4 is 23.5 Å². The zero-order valence-corrected chi connectivity index (χ0v) is 12.3. The number of halogens is 1. The van der Waals surface area contributed by atoms with E-state index in [0.717, 1.165) is 6.42 Å². The second-order valence-corrected chi connectivity index (χ2v) is 5.12. The molecule has 0 N–H and O–H groups in total. The van der Waals surface area contributed by atoms with Crippen LogP contribution >= 0.6 is 11.6 Å². The summed E-state index contributed by atoms with van der Waals surface area (Å²) in [6, 6.07) is 2.71. The lowest BCUT2D eigenvalue weighted by Crippen LogP contribution is -2.41. The third-order valence-electron chi connectivity index (χ3n) is 3.24. The molecule has 1 aromatic heterocycles. The summed E-state index contributed by atoms with van der Waals surface area (Å²) in [5.41, 5.74) is 1.13. The van der Waals surface area contributed by atoms with E-state index in [1.807, 2.05) is 0 Å². The predicted octanol–water partition coefficient (Wildman–Crippen LogP) is 2.21. The van der Waals surface area contributed by atoms with Crippen molar-refractivity contribution in [3.05, 3.63) is 28.5 Å². The van der Waals surface area contributed by atoms with E-state index in [9.17, 15) is 9.59 Å². The third kappa shape index (κ3) is 3.10. The van der Waals surface area contributed by atoms with Crippen LogP contribution in [-0.4, -0.2) is 41.0 Å². The highest BCUT2D eigenvalue weighted by atomic mass is 35.5. The lowest BCUT2D eigenvalue weighted by atomic mass is 10.1. The number of carbonyl (C=O) groups excluding carboxylic acids is 2. The second-order valence-electron chi connectivity index (χ2n) is 4.73. The standard InChI is InChI=1S/C14H17ClN2O3/c1-3-20-14(19)11-5-4-6-17(11)13(18)10-7-9(2)16-12(15)8-10/h7-8,11H,3-6H2,1-2H3. The number of ether oxygens (including phenoxy) is 1. The van der Waals surface area contributed by atoms with Gasteiger partial charge in [-0.25, -0.2) is 9.78 Å². The van der Waals surface area contributed by atoms with Gasteiger partial charge in [-0.05, 0) is 38.8 Å². The summed E-state index contributed by atoms with van der Waals surface area (Å²) in [6.07, 6.45) is 1.44. The van der Waals surface area contributed by atoms with Crippen LogP contribution in [0.15, 0.2) is 12.1 Å². The van der Waals surface area contributed by atoms with Crippen LogP contribution in [0.3, 0.4) is 0 Å². The number of hydrogen-bond donors (Lipinski definition) is 0. The van der Waals surface area contributed by atoms with Crippen LogP contribution in [0.5, 0.6) is 0 Å². The van der Waals surface area contributed by atoms with Gasteiger partial charge in [-0.2, -0.15) is 0 Å². The highest BCUT2D eigenvalue weighted by Gasteiger charge is 2.35. The number of aryl methyl sites for hydroxylation is 1. The van der Waals surface area contributed by atoms with Gasteiger partial charge >= 0.3 is 5.97 Å². The van der Waals surface area contributed by atoms with Gasteiger partial charge in [0.05, 0.1) is 6.61 Å². The second kappa shape index (κ2) is 6.22. The number of carbonyl (C=O) groups is 2. The molecule has 1 fully saturated rings. The topological polar surface area (TPSA) is 59.5 Å². The molecular formula is C14H17ClN2O3. The number of hydrogen-bond acceptors (Lipinski definition) is 4. The Morgan fingerprint density at radius 1 is 1.50 bits per heavy atom. The van der Waals surface area contributed by atoms with Gasteiger partial charge in [0.25, 0.3) is 5.91 Å². The van der Waals surface area contributed by atoms with Crippen LogP contribution in [0.25, 0.3) is 0 Å². The smallest absolute Gasteiger partial charge is 0.328 e. The van der Waals surface area contributed by atoms with Gasteiger partial charge in [0.15, 0.2) is 0 Å². The first kappa shape index (κ1) is 14.8. The Labute approximate surface area is 122 Å². The summed E-state index contributed by atoms with van der Waals surface area (Å²) in [5, 5.41) is 0.278. The van der Waals surface area contributed by atoms with E-state index < -0.39 is 6.04 Å². The minimum absolute atomic E-state index is 0.201. The van der Waals surface area contributed by atoms with Crippen LogP contribution in [-0.2, 0) is 9.53 Å². The molecular weight excluding hydrogens is 280 g/mol. The fourth-order valence-corrected chi connectivity index (χ4v) is 2.66. The summed E-state index contributed by atoms with van der Waals surface area (Å²) in [6.45, 7) is 4.40. The van der Waals surface area contributed by atoms with Gasteiger partial charge in [-0.1, -0.05) is 11.6 Å². The fourth-order valence-electron chi connectivity index (χ4n) is 2.41. The first-order valence-corrected chi connectivity index (χ1v) is 7.02. The van der Waals surface area contributed by atoms with Crippen LogP contribution in [0.2, 0.25) is 5.15 Å². The highest BCUT2D eigenvalue weighted by molar-refractivity contribution is 6.29. The number of aromatic nitrogens is 1. The lowest BCUT2D eigenvalue weighted by molar-refractivity contribution is -0.147. The average Bonchev–Trinajstić information content (AvgIpc) is 2.86. The first-order chi connectivity index (χ1) is 9.52. The molecule has 5 nitrogen and oxygen atoms in total. The predicted molar refractivity (Wildman–Crippen MR) is 74.7 cm³/mol. The Bertz CT molecular complexity index is 513. The van der Waals surface area contributed by atoms with Gasteiger partial charge in [0.1, 0.15) is 11.2 Å². The van der Waals surface area contributed by atoms with Crippen LogP contribution in [0.1, 0.15) is 35.8 Å². The van der Waals surface area contributed by atoms with E-state index in [4.69, 9.17) is 16.3 Å². The Morgan fingerprint density at radius 3 is 2.90 bits per heavy atom. The van der Waals surface area contributed by atoms with Crippen molar-refractivity contribution in [1.82, 2.24) is 9.88 Å². The van der Waals surface area contributed by atoms with E-state index in [1.165, 1.54) is 6.07 Å². The fraction of sp³-hybridized carbons (Fsp3) is 0.500. The number of pyridine rings is 1. The van der Waals surface area contributed by atoms with E-state index in [1.54, 1.807) is 24.8 Å². The van der Waals surface area contributed by atoms with Gasteiger partial charge in [0, 0.05) is 17.8 Å². The number of amides is 1. The highest BCUT2D eigenvalue weighted by Crippen LogP contribution is 2.22. The van der Waals surface area contributed by atoms with Crippen molar-refractivity contribution in [3.8, 4) is 0 Å². The maximum absolute atomic E-state index is 12.5. The van der Waals surface area contributed by atoms with Gasteiger partial charge < -0.3 is 9.64 Å². The molecule has 20 heavy (non-hydrogen) atoms.